The van der Waals surface area contributed by atoms with Gasteiger partial charge in [0, 0.05) is 12.2 Å². The van der Waals surface area contributed by atoms with Gasteiger partial charge in [0.2, 0.25) is 11.8 Å². The summed E-state index contributed by atoms with van der Waals surface area (Å²) in [6.07, 6.45) is 0.254. The molecule has 4 nitrogen and oxygen atoms in total. The lowest BCUT2D eigenvalue weighted by atomic mass is 10.2. The molecular formula is C19H19NO3S. The number of hydrogen-bond donors (Lipinski definition) is 0. The second-order valence-electron chi connectivity index (χ2n) is 5.48. The standard InChI is InChI=1S/C19H19NO3S/c1-2-23-16-10-8-15(9-11-16)20-18(21)12-17(19(20)22)24-13-14-6-4-3-5-7-14/h3-11,17H,2,12-13H2,1H3. The van der Waals surface area contributed by atoms with Gasteiger partial charge in [-0.15, -0.1) is 11.8 Å². The number of benzene rings is 2. The molecule has 1 aliphatic heterocycles. The van der Waals surface area contributed by atoms with Crippen LogP contribution in [0.3, 0.4) is 0 Å². The minimum atomic E-state index is -0.315. The first kappa shape index (κ1) is 16.6. The fourth-order valence-electron chi connectivity index (χ4n) is 2.63. The molecule has 0 spiro atoms. The minimum Gasteiger partial charge on any atom is -0.494 e. The van der Waals surface area contributed by atoms with E-state index in [9.17, 15) is 9.59 Å². The van der Waals surface area contributed by atoms with Crippen LogP contribution in [-0.2, 0) is 15.3 Å². The van der Waals surface area contributed by atoms with E-state index in [1.54, 1.807) is 24.3 Å². The summed E-state index contributed by atoms with van der Waals surface area (Å²) in [7, 11) is 0. The van der Waals surface area contributed by atoms with Crippen LogP contribution in [0.1, 0.15) is 18.9 Å². The molecule has 0 bridgehead atoms. The van der Waals surface area contributed by atoms with Gasteiger partial charge in [-0.3, -0.25) is 9.59 Å². The number of thioether (sulfide) groups is 1. The Morgan fingerprint density at radius 2 is 1.79 bits per heavy atom. The molecule has 0 radical (unpaired) electrons. The number of ether oxygens (including phenoxy) is 1. The summed E-state index contributed by atoms with van der Waals surface area (Å²) >= 11 is 1.52. The third kappa shape index (κ3) is 3.62. The summed E-state index contributed by atoms with van der Waals surface area (Å²) < 4.78 is 5.39. The highest BCUT2D eigenvalue weighted by Gasteiger charge is 2.39. The SMILES string of the molecule is CCOc1ccc(N2C(=O)CC(SCc3ccccc3)C2=O)cc1. The Hall–Kier alpha value is -2.27. The van der Waals surface area contributed by atoms with Crippen LogP contribution in [0.25, 0.3) is 0 Å². The molecular weight excluding hydrogens is 322 g/mol. The van der Waals surface area contributed by atoms with Crippen LogP contribution in [0, 0.1) is 0 Å². The zero-order valence-corrected chi connectivity index (χ0v) is 14.3. The average molecular weight is 341 g/mol. The highest BCUT2D eigenvalue weighted by molar-refractivity contribution is 7.99. The number of hydrogen-bond acceptors (Lipinski definition) is 4. The van der Waals surface area contributed by atoms with Gasteiger partial charge in [-0.2, -0.15) is 0 Å². The van der Waals surface area contributed by atoms with E-state index >= 15 is 0 Å². The summed E-state index contributed by atoms with van der Waals surface area (Å²) in [5.74, 6) is 1.18. The fraction of sp³-hybridized carbons (Fsp3) is 0.263. The Labute approximate surface area is 145 Å². The lowest BCUT2D eigenvalue weighted by Gasteiger charge is -2.15. The quantitative estimate of drug-likeness (QED) is 0.753. The van der Waals surface area contributed by atoms with Crippen molar-refractivity contribution in [3.05, 3.63) is 60.2 Å². The minimum absolute atomic E-state index is 0.134. The predicted octanol–water partition coefficient (Wildman–Crippen LogP) is 3.65. The molecule has 1 heterocycles. The molecule has 1 fully saturated rings. The molecule has 3 rings (SSSR count). The first-order valence-electron chi connectivity index (χ1n) is 7.94. The van der Waals surface area contributed by atoms with Crippen LogP contribution in [0.2, 0.25) is 0 Å². The van der Waals surface area contributed by atoms with Gasteiger partial charge in [0.15, 0.2) is 0 Å². The van der Waals surface area contributed by atoms with E-state index in [0.717, 1.165) is 17.1 Å². The van der Waals surface area contributed by atoms with Crippen LogP contribution < -0.4 is 9.64 Å². The van der Waals surface area contributed by atoms with E-state index in [-0.39, 0.29) is 23.5 Å². The van der Waals surface area contributed by atoms with Crippen molar-refractivity contribution in [1.29, 1.82) is 0 Å². The number of carbonyl (C=O) groups excluding carboxylic acids is 2. The van der Waals surface area contributed by atoms with Crippen molar-refractivity contribution < 1.29 is 14.3 Å². The van der Waals surface area contributed by atoms with E-state index in [1.165, 1.54) is 16.7 Å². The summed E-state index contributed by atoms with van der Waals surface area (Å²) in [5, 5.41) is -0.315. The Morgan fingerprint density at radius 3 is 2.46 bits per heavy atom. The van der Waals surface area contributed by atoms with E-state index < -0.39 is 0 Å². The topological polar surface area (TPSA) is 46.6 Å². The number of rotatable bonds is 6. The van der Waals surface area contributed by atoms with Crippen LogP contribution >= 0.6 is 11.8 Å². The monoisotopic (exact) mass is 341 g/mol. The predicted molar refractivity (Wildman–Crippen MR) is 96.2 cm³/mol. The van der Waals surface area contributed by atoms with E-state index in [2.05, 4.69) is 0 Å². The maximum atomic E-state index is 12.6. The number of imide groups is 1. The van der Waals surface area contributed by atoms with Crippen molar-refractivity contribution >= 4 is 29.3 Å². The highest BCUT2D eigenvalue weighted by atomic mass is 32.2. The van der Waals surface area contributed by atoms with Crippen molar-refractivity contribution in [2.24, 2.45) is 0 Å². The van der Waals surface area contributed by atoms with Crippen molar-refractivity contribution in [2.45, 2.75) is 24.3 Å². The molecule has 5 heteroatoms. The Kier molecular flexibility index (Phi) is 5.20. The van der Waals surface area contributed by atoms with Gasteiger partial charge in [-0.05, 0) is 36.8 Å². The lowest BCUT2D eigenvalue weighted by Crippen LogP contribution is -2.31. The molecule has 124 valence electrons. The summed E-state index contributed by atoms with van der Waals surface area (Å²) in [4.78, 5) is 26.2. The van der Waals surface area contributed by atoms with E-state index in [0.29, 0.717) is 12.3 Å². The largest absolute Gasteiger partial charge is 0.494 e. The molecule has 2 amide bonds. The zero-order chi connectivity index (χ0) is 16.9. The first-order chi connectivity index (χ1) is 11.7. The number of nitrogens with zero attached hydrogens (tertiary/aromatic N) is 1. The molecule has 0 aliphatic carbocycles. The molecule has 2 aromatic rings. The smallest absolute Gasteiger partial charge is 0.247 e. The summed E-state index contributed by atoms with van der Waals surface area (Å²) in [6, 6.07) is 17.0. The van der Waals surface area contributed by atoms with Gasteiger partial charge in [-0.1, -0.05) is 30.3 Å². The Balaban J connectivity index is 1.67. The second kappa shape index (κ2) is 7.53. The first-order valence-corrected chi connectivity index (χ1v) is 8.99. The van der Waals surface area contributed by atoms with Crippen molar-refractivity contribution in [3.63, 3.8) is 0 Å². The maximum absolute atomic E-state index is 12.6. The fourth-order valence-corrected chi connectivity index (χ4v) is 3.73. The molecule has 1 unspecified atom stereocenters. The maximum Gasteiger partial charge on any atom is 0.247 e. The second-order valence-corrected chi connectivity index (χ2v) is 6.67. The van der Waals surface area contributed by atoms with Crippen LogP contribution in [0.4, 0.5) is 5.69 Å². The molecule has 0 N–H and O–H groups in total. The number of carbonyl (C=O) groups is 2. The Bertz CT molecular complexity index is 715. The third-order valence-electron chi connectivity index (χ3n) is 3.81. The third-order valence-corrected chi connectivity index (χ3v) is 5.08. The van der Waals surface area contributed by atoms with E-state index in [1.807, 2.05) is 37.3 Å². The average Bonchev–Trinajstić information content (AvgIpc) is 2.89. The zero-order valence-electron chi connectivity index (χ0n) is 13.5. The van der Waals surface area contributed by atoms with Crippen LogP contribution in [-0.4, -0.2) is 23.7 Å². The van der Waals surface area contributed by atoms with Gasteiger partial charge in [0.1, 0.15) is 5.75 Å². The van der Waals surface area contributed by atoms with Crippen molar-refractivity contribution in [3.8, 4) is 5.75 Å². The van der Waals surface area contributed by atoms with Crippen LogP contribution in [0.15, 0.2) is 54.6 Å². The molecule has 0 saturated carbocycles. The molecule has 1 saturated heterocycles. The molecule has 2 aromatic carbocycles. The lowest BCUT2D eigenvalue weighted by molar-refractivity contribution is -0.121. The summed E-state index contributed by atoms with van der Waals surface area (Å²) in [5.41, 5.74) is 1.76. The Morgan fingerprint density at radius 1 is 1.08 bits per heavy atom. The highest BCUT2D eigenvalue weighted by Crippen LogP contribution is 2.32. The van der Waals surface area contributed by atoms with Gasteiger partial charge >= 0.3 is 0 Å². The number of amides is 2. The molecule has 24 heavy (non-hydrogen) atoms. The molecule has 1 aliphatic rings. The van der Waals surface area contributed by atoms with Gasteiger partial charge < -0.3 is 4.74 Å². The van der Waals surface area contributed by atoms with E-state index in [4.69, 9.17) is 4.74 Å². The van der Waals surface area contributed by atoms with Crippen LogP contribution in [0.5, 0.6) is 5.75 Å². The van der Waals surface area contributed by atoms with Crippen molar-refractivity contribution in [2.75, 3.05) is 11.5 Å². The normalized spacial score (nSPS) is 17.4. The van der Waals surface area contributed by atoms with Gasteiger partial charge in [0.05, 0.1) is 17.5 Å². The molecule has 0 aromatic heterocycles. The van der Waals surface area contributed by atoms with Gasteiger partial charge in [-0.25, -0.2) is 4.90 Å². The van der Waals surface area contributed by atoms with Crippen molar-refractivity contribution in [1.82, 2.24) is 0 Å². The van der Waals surface area contributed by atoms with Gasteiger partial charge in [0.25, 0.3) is 0 Å². The number of anilines is 1. The summed E-state index contributed by atoms with van der Waals surface area (Å²) in [6.45, 7) is 2.50. The molecule has 1 atom stereocenters.